The zero-order valence-corrected chi connectivity index (χ0v) is 8.33. The summed E-state index contributed by atoms with van der Waals surface area (Å²) in [6, 6.07) is 6.79. The second-order valence-corrected chi connectivity index (χ2v) is 3.07. The first kappa shape index (κ1) is 10.1. The van der Waals surface area contributed by atoms with Gasteiger partial charge in [0.2, 0.25) is 5.95 Å². The van der Waals surface area contributed by atoms with E-state index in [1.165, 1.54) is 12.4 Å². The normalized spacial score (nSPS) is 9.75. The number of hydrogen-bond acceptors (Lipinski definition) is 5. The van der Waals surface area contributed by atoms with Crippen LogP contribution in [-0.2, 0) is 0 Å². The molecule has 0 radical (unpaired) electrons. The van der Waals surface area contributed by atoms with Crippen LogP contribution >= 0.6 is 0 Å². The lowest BCUT2D eigenvalue weighted by Crippen LogP contribution is -1.94. The number of aldehydes is 1. The Hall–Kier alpha value is -2.43. The summed E-state index contributed by atoms with van der Waals surface area (Å²) in [6.45, 7) is 0. The van der Waals surface area contributed by atoms with Crippen LogP contribution in [0.2, 0.25) is 0 Å². The van der Waals surface area contributed by atoms with E-state index in [-0.39, 0.29) is 5.95 Å². The van der Waals surface area contributed by atoms with Crippen molar-refractivity contribution in [1.29, 1.82) is 0 Å². The molecule has 1 aromatic heterocycles. The van der Waals surface area contributed by atoms with Gasteiger partial charge in [-0.05, 0) is 12.1 Å². The van der Waals surface area contributed by atoms with Gasteiger partial charge in [-0.1, -0.05) is 12.1 Å². The van der Waals surface area contributed by atoms with Crippen LogP contribution in [0.4, 0.5) is 5.95 Å². The van der Waals surface area contributed by atoms with Gasteiger partial charge in [0.15, 0.2) is 5.75 Å². The molecule has 0 aliphatic rings. The second-order valence-electron chi connectivity index (χ2n) is 3.07. The average molecular weight is 215 g/mol. The van der Waals surface area contributed by atoms with Crippen molar-refractivity contribution in [3.8, 4) is 11.5 Å². The van der Waals surface area contributed by atoms with Crippen molar-refractivity contribution >= 4 is 12.2 Å². The molecule has 1 heterocycles. The van der Waals surface area contributed by atoms with Crippen molar-refractivity contribution in [1.82, 2.24) is 9.97 Å². The lowest BCUT2D eigenvalue weighted by Gasteiger charge is -2.04. The number of aromatic nitrogens is 2. The molecule has 0 saturated carbocycles. The Labute approximate surface area is 91.9 Å². The number of carbonyl (C=O) groups is 1. The fraction of sp³-hybridized carbons (Fsp3) is 0. The van der Waals surface area contributed by atoms with Gasteiger partial charge < -0.3 is 10.5 Å². The van der Waals surface area contributed by atoms with Gasteiger partial charge in [-0.25, -0.2) is 9.97 Å². The van der Waals surface area contributed by atoms with Crippen molar-refractivity contribution in [3.63, 3.8) is 0 Å². The van der Waals surface area contributed by atoms with Gasteiger partial charge in [0.05, 0.1) is 12.4 Å². The molecule has 0 amide bonds. The summed E-state index contributed by atoms with van der Waals surface area (Å²) in [4.78, 5) is 18.1. The largest absolute Gasteiger partial charge is 0.454 e. The topological polar surface area (TPSA) is 78.1 Å². The van der Waals surface area contributed by atoms with Crippen LogP contribution in [0, 0.1) is 0 Å². The molecule has 5 heteroatoms. The molecule has 2 rings (SSSR count). The second kappa shape index (κ2) is 4.39. The minimum absolute atomic E-state index is 0.189. The summed E-state index contributed by atoms with van der Waals surface area (Å²) >= 11 is 0. The Morgan fingerprint density at radius 2 is 1.94 bits per heavy atom. The maximum absolute atomic E-state index is 10.6. The van der Waals surface area contributed by atoms with Crippen LogP contribution in [0.15, 0.2) is 36.7 Å². The highest BCUT2D eigenvalue weighted by atomic mass is 16.5. The molecule has 0 saturated heterocycles. The monoisotopic (exact) mass is 215 g/mol. The molecule has 0 unspecified atom stereocenters. The van der Waals surface area contributed by atoms with Crippen LogP contribution < -0.4 is 10.5 Å². The fourth-order valence-electron chi connectivity index (χ4n) is 1.17. The van der Waals surface area contributed by atoms with E-state index in [4.69, 9.17) is 10.5 Å². The summed E-state index contributed by atoms with van der Waals surface area (Å²) < 4.78 is 5.44. The number of carbonyl (C=O) groups excluding carboxylic acids is 1. The minimum atomic E-state index is 0.189. The van der Waals surface area contributed by atoms with Crippen LogP contribution in [0.25, 0.3) is 0 Å². The van der Waals surface area contributed by atoms with E-state index in [1.807, 2.05) is 0 Å². The molecule has 0 aliphatic heterocycles. The molecule has 16 heavy (non-hydrogen) atoms. The zero-order valence-electron chi connectivity index (χ0n) is 8.33. The van der Waals surface area contributed by atoms with Gasteiger partial charge in [0.1, 0.15) is 12.0 Å². The molecule has 80 valence electrons. The number of anilines is 1. The molecule has 0 aliphatic carbocycles. The van der Waals surface area contributed by atoms with Crippen molar-refractivity contribution in [2.45, 2.75) is 0 Å². The van der Waals surface area contributed by atoms with Gasteiger partial charge in [-0.15, -0.1) is 0 Å². The molecule has 2 N–H and O–H groups in total. The predicted octanol–water partition coefficient (Wildman–Crippen LogP) is 1.66. The third kappa shape index (κ3) is 2.33. The van der Waals surface area contributed by atoms with E-state index in [0.29, 0.717) is 17.1 Å². The Kier molecular flexibility index (Phi) is 2.77. The van der Waals surface area contributed by atoms with E-state index in [2.05, 4.69) is 9.97 Å². The smallest absolute Gasteiger partial charge is 0.220 e. The Morgan fingerprint density at radius 1 is 1.19 bits per heavy atom. The molecular formula is C11H9N3O2. The highest BCUT2D eigenvalue weighted by molar-refractivity contribution is 5.75. The molecule has 0 fully saturated rings. The van der Waals surface area contributed by atoms with Gasteiger partial charge in [0.25, 0.3) is 0 Å². The quantitative estimate of drug-likeness (QED) is 0.788. The summed E-state index contributed by atoms with van der Waals surface area (Å²) in [7, 11) is 0. The summed E-state index contributed by atoms with van der Waals surface area (Å²) in [5, 5.41) is 0. The van der Waals surface area contributed by atoms with Crippen molar-refractivity contribution < 1.29 is 9.53 Å². The van der Waals surface area contributed by atoms with Crippen LogP contribution in [0.1, 0.15) is 10.4 Å². The van der Waals surface area contributed by atoms with Crippen molar-refractivity contribution in [2.24, 2.45) is 0 Å². The average Bonchev–Trinajstić information content (AvgIpc) is 2.32. The number of nitrogen functional groups attached to an aromatic ring is 1. The Balaban J connectivity index is 2.20. The van der Waals surface area contributed by atoms with E-state index in [9.17, 15) is 4.79 Å². The molecular weight excluding hydrogens is 206 g/mol. The number of ether oxygens (including phenoxy) is 1. The molecule has 0 bridgehead atoms. The van der Waals surface area contributed by atoms with Crippen LogP contribution in [0.3, 0.4) is 0 Å². The van der Waals surface area contributed by atoms with Gasteiger partial charge >= 0.3 is 0 Å². The first-order valence-electron chi connectivity index (χ1n) is 4.58. The highest BCUT2D eigenvalue weighted by Gasteiger charge is 1.99. The van der Waals surface area contributed by atoms with E-state index >= 15 is 0 Å². The standard InChI is InChI=1S/C11H9N3O2/c12-11-13-5-10(6-14-11)16-9-3-1-2-8(4-9)7-15/h1-7H,(H2,12,13,14). The van der Waals surface area contributed by atoms with Crippen molar-refractivity contribution in [3.05, 3.63) is 42.2 Å². The molecule has 0 spiro atoms. The maximum atomic E-state index is 10.6. The van der Waals surface area contributed by atoms with Crippen LogP contribution in [0.5, 0.6) is 11.5 Å². The summed E-state index contributed by atoms with van der Waals surface area (Å²) in [6.07, 6.45) is 3.69. The van der Waals surface area contributed by atoms with E-state index in [0.717, 1.165) is 6.29 Å². The minimum Gasteiger partial charge on any atom is -0.454 e. The van der Waals surface area contributed by atoms with Gasteiger partial charge in [-0.2, -0.15) is 0 Å². The fourth-order valence-corrected chi connectivity index (χ4v) is 1.17. The lowest BCUT2D eigenvalue weighted by molar-refractivity contribution is 0.112. The summed E-state index contributed by atoms with van der Waals surface area (Å²) in [5.41, 5.74) is 5.89. The van der Waals surface area contributed by atoms with Gasteiger partial charge in [-0.3, -0.25) is 4.79 Å². The lowest BCUT2D eigenvalue weighted by atomic mass is 10.2. The Morgan fingerprint density at radius 3 is 2.62 bits per heavy atom. The summed E-state index contributed by atoms with van der Waals surface area (Å²) in [5.74, 6) is 1.21. The zero-order chi connectivity index (χ0) is 11.4. The molecule has 5 nitrogen and oxygen atoms in total. The number of hydrogen-bond donors (Lipinski definition) is 1. The Bertz CT molecular complexity index is 497. The van der Waals surface area contributed by atoms with E-state index in [1.54, 1.807) is 24.3 Å². The first-order chi connectivity index (χ1) is 7.78. The number of nitrogens with two attached hydrogens (primary N) is 1. The highest BCUT2D eigenvalue weighted by Crippen LogP contribution is 2.20. The number of benzene rings is 1. The first-order valence-corrected chi connectivity index (χ1v) is 4.58. The van der Waals surface area contributed by atoms with Crippen LogP contribution in [-0.4, -0.2) is 16.3 Å². The third-order valence-electron chi connectivity index (χ3n) is 1.88. The third-order valence-corrected chi connectivity index (χ3v) is 1.88. The molecule has 1 aromatic carbocycles. The van der Waals surface area contributed by atoms with Gasteiger partial charge in [0, 0.05) is 5.56 Å². The van der Waals surface area contributed by atoms with Crippen molar-refractivity contribution in [2.75, 3.05) is 5.73 Å². The predicted molar refractivity (Wildman–Crippen MR) is 58.3 cm³/mol. The SMILES string of the molecule is Nc1ncc(Oc2cccc(C=O)c2)cn1. The molecule has 2 aromatic rings. The van der Waals surface area contributed by atoms with E-state index < -0.39 is 0 Å². The number of rotatable bonds is 3. The maximum Gasteiger partial charge on any atom is 0.220 e. The molecule has 0 atom stereocenters. The number of nitrogens with zero attached hydrogens (tertiary/aromatic N) is 2.